The standard InChI is InChI=1S/C17H21FN2O4S2/c1-11-9-20(10-12(2)24-11)26(22,23)7-6-19-17(21)16-8-13-14(18)4-3-5-15(13)25-16/h3-5,8,11-12H,6-7,9-10H2,1-2H3,(H,19,21). The molecule has 1 amide bonds. The quantitative estimate of drug-likeness (QED) is 0.835. The summed E-state index contributed by atoms with van der Waals surface area (Å²) in [6.45, 7) is 4.30. The second-order valence-corrected chi connectivity index (χ2v) is 9.58. The largest absolute Gasteiger partial charge is 0.373 e. The Labute approximate surface area is 156 Å². The van der Waals surface area contributed by atoms with E-state index in [1.54, 1.807) is 12.1 Å². The molecule has 6 nitrogen and oxygen atoms in total. The van der Waals surface area contributed by atoms with E-state index in [0.717, 1.165) is 0 Å². The highest BCUT2D eigenvalue weighted by atomic mass is 32.2. The molecular weight excluding hydrogens is 379 g/mol. The van der Waals surface area contributed by atoms with E-state index in [-0.39, 0.29) is 30.3 Å². The Hall–Kier alpha value is -1.55. The third-order valence-corrected chi connectivity index (χ3v) is 7.06. The maximum absolute atomic E-state index is 13.7. The number of thiophene rings is 1. The average molecular weight is 400 g/mol. The van der Waals surface area contributed by atoms with Gasteiger partial charge >= 0.3 is 0 Å². The minimum absolute atomic E-state index is 0.00197. The van der Waals surface area contributed by atoms with Gasteiger partial charge in [0.2, 0.25) is 10.0 Å². The van der Waals surface area contributed by atoms with Crippen LogP contribution in [0.15, 0.2) is 24.3 Å². The lowest BCUT2D eigenvalue weighted by Gasteiger charge is -2.34. The molecule has 9 heteroatoms. The number of nitrogens with one attached hydrogen (secondary N) is 1. The van der Waals surface area contributed by atoms with Crippen molar-refractivity contribution < 1.29 is 22.3 Å². The van der Waals surface area contributed by atoms with E-state index in [2.05, 4.69) is 5.32 Å². The summed E-state index contributed by atoms with van der Waals surface area (Å²) in [6, 6.07) is 6.16. The smallest absolute Gasteiger partial charge is 0.261 e. The lowest BCUT2D eigenvalue weighted by atomic mass is 10.2. The normalized spacial score (nSPS) is 21.8. The van der Waals surface area contributed by atoms with Gasteiger partial charge in [-0.2, -0.15) is 4.31 Å². The van der Waals surface area contributed by atoms with E-state index in [1.807, 2.05) is 13.8 Å². The van der Waals surface area contributed by atoms with Crippen LogP contribution in [0.5, 0.6) is 0 Å². The minimum Gasteiger partial charge on any atom is -0.373 e. The number of amides is 1. The fourth-order valence-corrected chi connectivity index (χ4v) is 5.49. The van der Waals surface area contributed by atoms with Crippen LogP contribution in [0.1, 0.15) is 23.5 Å². The predicted molar refractivity (Wildman–Crippen MR) is 99.5 cm³/mol. The Balaban J connectivity index is 1.59. The molecule has 1 aliphatic heterocycles. The third-order valence-electron chi connectivity index (χ3n) is 4.16. The SMILES string of the molecule is CC1CN(S(=O)(=O)CCNC(=O)c2cc3c(F)cccc3s2)CC(C)O1. The number of carbonyl (C=O) groups is 1. The van der Waals surface area contributed by atoms with Gasteiger partial charge in [0.15, 0.2) is 0 Å². The Bertz CT molecular complexity index is 903. The van der Waals surface area contributed by atoms with Crippen LogP contribution in [0.25, 0.3) is 10.1 Å². The molecule has 0 spiro atoms. The van der Waals surface area contributed by atoms with Crippen LogP contribution in [0, 0.1) is 5.82 Å². The summed E-state index contributed by atoms with van der Waals surface area (Å²) in [5, 5.41) is 3.00. The lowest BCUT2D eigenvalue weighted by Crippen LogP contribution is -2.49. The van der Waals surface area contributed by atoms with Crippen LogP contribution in [0.4, 0.5) is 4.39 Å². The monoisotopic (exact) mass is 400 g/mol. The number of morpholine rings is 1. The van der Waals surface area contributed by atoms with Crippen molar-refractivity contribution in [1.82, 2.24) is 9.62 Å². The van der Waals surface area contributed by atoms with Gasteiger partial charge < -0.3 is 10.1 Å². The molecule has 2 unspecified atom stereocenters. The Kier molecular flexibility index (Phi) is 5.61. The van der Waals surface area contributed by atoms with Crippen LogP contribution >= 0.6 is 11.3 Å². The van der Waals surface area contributed by atoms with Gasteiger partial charge in [-0.25, -0.2) is 12.8 Å². The number of hydrogen-bond donors (Lipinski definition) is 1. The molecule has 2 atom stereocenters. The highest BCUT2D eigenvalue weighted by molar-refractivity contribution is 7.89. The van der Waals surface area contributed by atoms with E-state index >= 15 is 0 Å². The number of benzene rings is 1. The molecule has 142 valence electrons. The van der Waals surface area contributed by atoms with Gasteiger partial charge in [0.25, 0.3) is 5.91 Å². The molecule has 0 saturated carbocycles. The van der Waals surface area contributed by atoms with Crippen molar-refractivity contribution in [2.75, 3.05) is 25.4 Å². The topological polar surface area (TPSA) is 75.7 Å². The minimum atomic E-state index is -3.48. The molecule has 1 aromatic carbocycles. The number of sulfonamides is 1. The number of hydrogen-bond acceptors (Lipinski definition) is 5. The number of carbonyl (C=O) groups excluding carboxylic acids is 1. The third kappa shape index (κ3) is 4.22. The molecule has 2 aromatic rings. The summed E-state index contributed by atoms with van der Waals surface area (Å²) in [5.41, 5.74) is 0. The average Bonchev–Trinajstić information content (AvgIpc) is 2.99. The summed E-state index contributed by atoms with van der Waals surface area (Å²) in [5.74, 6) is -0.960. The first kappa shape index (κ1) is 19.2. The summed E-state index contributed by atoms with van der Waals surface area (Å²) < 4.78 is 46.3. The maximum atomic E-state index is 13.7. The first-order chi connectivity index (χ1) is 12.3. The Morgan fingerprint density at radius 1 is 1.35 bits per heavy atom. The molecule has 0 aliphatic carbocycles. The zero-order chi connectivity index (χ0) is 18.9. The van der Waals surface area contributed by atoms with Crippen molar-refractivity contribution in [1.29, 1.82) is 0 Å². The van der Waals surface area contributed by atoms with Gasteiger partial charge in [0.05, 0.1) is 22.8 Å². The van der Waals surface area contributed by atoms with Crippen molar-refractivity contribution in [2.45, 2.75) is 26.1 Å². The van der Waals surface area contributed by atoms with Crippen molar-refractivity contribution >= 4 is 37.4 Å². The molecule has 1 saturated heterocycles. The van der Waals surface area contributed by atoms with Crippen molar-refractivity contribution in [2.24, 2.45) is 0 Å². The van der Waals surface area contributed by atoms with Gasteiger partial charge in [-0.05, 0) is 32.0 Å². The van der Waals surface area contributed by atoms with Gasteiger partial charge in [0, 0.05) is 29.7 Å². The fourth-order valence-electron chi connectivity index (χ4n) is 3.00. The van der Waals surface area contributed by atoms with Crippen molar-refractivity contribution in [3.63, 3.8) is 0 Å². The van der Waals surface area contributed by atoms with Gasteiger partial charge in [-0.1, -0.05) is 6.07 Å². The second-order valence-electron chi connectivity index (χ2n) is 6.41. The molecule has 1 aromatic heterocycles. The highest BCUT2D eigenvalue weighted by Crippen LogP contribution is 2.27. The number of ether oxygens (including phenoxy) is 1. The summed E-state index contributed by atoms with van der Waals surface area (Å²) >= 11 is 1.18. The molecule has 26 heavy (non-hydrogen) atoms. The molecule has 1 fully saturated rings. The zero-order valence-electron chi connectivity index (χ0n) is 14.6. The molecular formula is C17H21FN2O4S2. The van der Waals surface area contributed by atoms with E-state index in [1.165, 1.54) is 27.8 Å². The summed E-state index contributed by atoms with van der Waals surface area (Å²) in [6.07, 6.45) is -0.312. The van der Waals surface area contributed by atoms with Crippen LogP contribution in [-0.4, -0.2) is 56.2 Å². The van der Waals surface area contributed by atoms with E-state index in [9.17, 15) is 17.6 Å². The predicted octanol–water partition coefficient (Wildman–Crippen LogP) is 2.21. The van der Waals surface area contributed by atoms with Gasteiger partial charge in [-0.15, -0.1) is 11.3 Å². The summed E-state index contributed by atoms with van der Waals surface area (Å²) in [4.78, 5) is 12.6. The number of halogens is 1. The first-order valence-corrected chi connectivity index (χ1v) is 10.8. The lowest BCUT2D eigenvalue weighted by molar-refractivity contribution is -0.0440. The van der Waals surface area contributed by atoms with Crippen molar-refractivity contribution in [3.05, 3.63) is 35.0 Å². The number of fused-ring (bicyclic) bond motifs is 1. The van der Waals surface area contributed by atoms with Gasteiger partial charge in [0.1, 0.15) is 5.82 Å². The number of rotatable bonds is 5. The second kappa shape index (κ2) is 7.59. The van der Waals surface area contributed by atoms with E-state index in [0.29, 0.717) is 28.1 Å². The van der Waals surface area contributed by atoms with E-state index < -0.39 is 15.9 Å². The van der Waals surface area contributed by atoms with Crippen LogP contribution < -0.4 is 5.32 Å². The zero-order valence-corrected chi connectivity index (χ0v) is 16.2. The molecule has 2 heterocycles. The van der Waals surface area contributed by atoms with Gasteiger partial charge in [-0.3, -0.25) is 4.79 Å². The highest BCUT2D eigenvalue weighted by Gasteiger charge is 2.30. The number of nitrogens with zero attached hydrogens (tertiary/aromatic N) is 1. The van der Waals surface area contributed by atoms with Crippen LogP contribution in [0.2, 0.25) is 0 Å². The molecule has 1 aliphatic rings. The van der Waals surface area contributed by atoms with Crippen molar-refractivity contribution in [3.8, 4) is 0 Å². The molecule has 1 N–H and O–H groups in total. The van der Waals surface area contributed by atoms with Crippen LogP contribution in [-0.2, 0) is 14.8 Å². The Morgan fingerprint density at radius 2 is 2.04 bits per heavy atom. The molecule has 0 radical (unpaired) electrons. The molecule has 0 bridgehead atoms. The Morgan fingerprint density at radius 3 is 2.69 bits per heavy atom. The fraction of sp³-hybridized carbons (Fsp3) is 0.471. The maximum Gasteiger partial charge on any atom is 0.261 e. The van der Waals surface area contributed by atoms with E-state index in [4.69, 9.17) is 4.74 Å². The first-order valence-electron chi connectivity index (χ1n) is 8.36. The molecule has 3 rings (SSSR count). The van der Waals surface area contributed by atoms with Crippen LogP contribution in [0.3, 0.4) is 0 Å². The summed E-state index contributed by atoms with van der Waals surface area (Å²) in [7, 11) is -3.48.